The molecule has 0 bridgehead atoms. The first-order valence-corrected chi connectivity index (χ1v) is 11.5. The van der Waals surface area contributed by atoms with Crippen LogP contribution in [0.4, 0.5) is 5.82 Å². The Balaban J connectivity index is 1.64. The average Bonchev–Trinajstić information content (AvgIpc) is 2.83. The highest BCUT2D eigenvalue weighted by molar-refractivity contribution is 5.80. The van der Waals surface area contributed by atoms with Crippen molar-refractivity contribution in [2.75, 3.05) is 51.7 Å². The van der Waals surface area contributed by atoms with Crippen molar-refractivity contribution in [3.8, 4) is 0 Å². The van der Waals surface area contributed by atoms with Crippen LogP contribution < -0.4 is 15.5 Å². The molecule has 3 rings (SSSR count). The van der Waals surface area contributed by atoms with Crippen molar-refractivity contribution in [2.24, 2.45) is 4.99 Å². The Labute approximate surface area is 187 Å². The summed E-state index contributed by atoms with van der Waals surface area (Å²) >= 11 is 0. The molecule has 1 fully saturated rings. The molecule has 2 N–H and O–H groups in total. The van der Waals surface area contributed by atoms with Crippen LogP contribution in [0.25, 0.3) is 0 Å². The minimum atomic E-state index is 0.0954. The van der Waals surface area contributed by atoms with E-state index in [0.29, 0.717) is 6.54 Å². The molecule has 1 aliphatic rings. The Kier molecular flexibility index (Phi) is 8.29. The summed E-state index contributed by atoms with van der Waals surface area (Å²) in [5.74, 6) is 1.91. The third-order valence-electron chi connectivity index (χ3n) is 6.67. The first-order valence-electron chi connectivity index (χ1n) is 11.5. The smallest absolute Gasteiger partial charge is 0.191 e. The summed E-state index contributed by atoms with van der Waals surface area (Å²) in [6.07, 6.45) is 4.04. The van der Waals surface area contributed by atoms with E-state index in [9.17, 15) is 0 Å². The average molecular weight is 423 g/mol. The number of pyridine rings is 1. The van der Waals surface area contributed by atoms with Crippen molar-refractivity contribution in [1.29, 1.82) is 0 Å². The van der Waals surface area contributed by atoms with E-state index < -0.39 is 0 Å². The molecule has 1 aromatic carbocycles. The SMILES string of the molecule is CCC(CC)(CNC(=NC)NCc1cccnc1N1CCN(C)CC1)c1ccccc1. The molecule has 2 heterocycles. The fourth-order valence-electron chi connectivity index (χ4n) is 4.33. The Morgan fingerprint density at radius 3 is 2.35 bits per heavy atom. The third kappa shape index (κ3) is 5.76. The lowest BCUT2D eigenvalue weighted by Crippen LogP contribution is -2.46. The Hall–Kier alpha value is -2.60. The van der Waals surface area contributed by atoms with E-state index in [0.717, 1.165) is 57.3 Å². The van der Waals surface area contributed by atoms with Crippen LogP contribution in [0, 0.1) is 0 Å². The van der Waals surface area contributed by atoms with Crippen molar-refractivity contribution in [3.63, 3.8) is 0 Å². The number of benzene rings is 1. The van der Waals surface area contributed by atoms with Crippen LogP contribution in [0.1, 0.15) is 37.8 Å². The van der Waals surface area contributed by atoms with Crippen LogP contribution >= 0.6 is 0 Å². The maximum atomic E-state index is 4.69. The number of nitrogens with one attached hydrogen (secondary N) is 2. The summed E-state index contributed by atoms with van der Waals surface area (Å²) < 4.78 is 0. The number of piperazine rings is 1. The molecule has 6 nitrogen and oxygen atoms in total. The molecule has 31 heavy (non-hydrogen) atoms. The van der Waals surface area contributed by atoms with Gasteiger partial charge in [-0.25, -0.2) is 4.98 Å². The Morgan fingerprint density at radius 1 is 1.00 bits per heavy atom. The molecule has 0 unspecified atom stereocenters. The van der Waals surface area contributed by atoms with E-state index in [4.69, 9.17) is 0 Å². The fourth-order valence-corrected chi connectivity index (χ4v) is 4.33. The number of hydrogen-bond donors (Lipinski definition) is 2. The van der Waals surface area contributed by atoms with Gasteiger partial charge in [-0.2, -0.15) is 0 Å². The summed E-state index contributed by atoms with van der Waals surface area (Å²) in [5, 5.41) is 7.09. The van der Waals surface area contributed by atoms with Crippen molar-refractivity contribution < 1.29 is 0 Å². The zero-order valence-electron chi connectivity index (χ0n) is 19.6. The van der Waals surface area contributed by atoms with Gasteiger partial charge < -0.3 is 20.4 Å². The summed E-state index contributed by atoms with van der Waals surface area (Å²) in [6.45, 7) is 10.3. The molecule has 0 amide bonds. The van der Waals surface area contributed by atoms with Gasteiger partial charge in [-0.3, -0.25) is 4.99 Å². The molecule has 1 saturated heterocycles. The lowest BCUT2D eigenvalue weighted by Gasteiger charge is -2.34. The number of guanidine groups is 1. The lowest BCUT2D eigenvalue weighted by molar-refractivity contribution is 0.312. The monoisotopic (exact) mass is 422 g/mol. The van der Waals surface area contributed by atoms with E-state index in [1.165, 1.54) is 11.1 Å². The van der Waals surface area contributed by atoms with Crippen molar-refractivity contribution in [2.45, 2.75) is 38.6 Å². The lowest BCUT2D eigenvalue weighted by atomic mass is 9.76. The van der Waals surface area contributed by atoms with E-state index in [2.05, 4.69) is 87.7 Å². The minimum absolute atomic E-state index is 0.0954. The van der Waals surface area contributed by atoms with Gasteiger partial charge in [0.1, 0.15) is 5.82 Å². The fraction of sp³-hybridized carbons (Fsp3) is 0.520. The van der Waals surface area contributed by atoms with Gasteiger partial charge in [-0.1, -0.05) is 50.2 Å². The predicted molar refractivity (Wildman–Crippen MR) is 131 cm³/mol. The number of anilines is 1. The van der Waals surface area contributed by atoms with Gasteiger partial charge in [0, 0.05) is 63.5 Å². The Morgan fingerprint density at radius 2 is 1.71 bits per heavy atom. The van der Waals surface area contributed by atoms with E-state index >= 15 is 0 Å². The van der Waals surface area contributed by atoms with Gasteiger partial charge in [0.25, 0.3) is 0 Å². The quantitative estimate of drug-likeness (QED) is 0.505. The molecule has 0 aliphatic carbocycles. The van der Waals surface area contributed by atoms with Gasteiger partial charge in [0.05, 0.1) is 0 Å². The molecule has 0 saturated carbocycles. The molecule has 1 aromatic heterocycles. The third-order valence-corrected chi connectivity index (χ3v) is 6.67. The predicted octanol–water partition coefficient (Wildman–Crippen LogP) is 3.26. The number of hydrogen-bond acceptors (Lipinski definition) is 4. The van der Waals surface area contributed by atoms with Crippen LogP contribution in [0.15, 0.2) is 53.7 Å². The molecule has 0 spiro atoms. The van der Waals surface area contributed by atoms with E-state index in [1.807, 2.05) is 19.3 Å². The molecule has 0 atom stereocenters. The highest BCUT2D eigenvalue weighted by atomic mass is 15.3. The first-order chi connectivity index (χ1) is 15.1. The van der Waals surface area contributed by atoms with Crippen molar-refractivity contribution in [3.05, 3.63) is 59.8 Å². The molecule has 6 heteroatoms. The second-order valence-electron chi connectivity index (χ2n) is 8.41. The highest BCUT2D eigenvalue weighted by Crippen LogP contribution is 2.30. The van der Waals surface area contributed by atoms with Crippen LogP contribution in [-0.2, 0) is 12.0 Å². The zero-order chi connectivity index (χ0) is 22.1. The molecular formula is C25H38N6. The minimum Gasteiger partial charge on any atom is -0.356 e. The molecule has 168 valence electrons. The van der Waals surface area contributed by atoms with Gasteiger partial charge in [-0.05, 0) is 31.5 Å². The van der Waals surface area contributed by atoms with Crippen molar-refractivity contribution >= 4 is 11.8 Å². The van der Waals surface area contributed by atoms with Gasteiger partial charge in [0.2, 0.25) is 0 Å². The van der Waals surface area contributed by atoms with Gasteiger partial charge >= 0.3 is 0 Å². The van der Waals surface area contributed by atoms with Crippen molar-refractivity contribution in [1.82, 2.24) is 20.5 Å². The second kappa shape index (κ2) is 11.1. The van der Waals surface area contributed by atoms with Gasteiger partial charge in [0.15, 0.2) is 5.96 Å². The number of aliphatic imine (C=N–C) groups is 1. The van der Waals surface area contributed by atoms with Crippen LogP contribution in [0.5, 0.6) is 0 Å². The van der Waals surface area contributed by atoms with Gasteiger partial charge in [-0.15, -0.1) is 0 Å². The maximum Gasteiger partial charge on any atom is 0.191 e. The molecular weight excluding hydrogens is 384 g/mol. The van der Waals surface area contributed by atoms with Crippen LogP contribution in [0.3, 0.4) is 0 Å². The Bertz CT molecular complexity index is 823. The maximum absolute atomic E-state index is 4.69. The second-order valence-corrected chi connectivity index (χ2v) is 8.41. The first kappa shape index (κ1) is 23.1. The normalized spacial score (nSPS) is 15.7. The summed E-state index contributed by atoms with van der Waals surface area (Å²) in [7, 11) is 4.01. The van der Waals surface area contributed by atoms with E-state index in [-0.39, 0.29) is 5.41 Å². The van der Waals surface area contributed by atoms with Crippen LogP contribution in [-0.4, -0.2) is 62.7 Å². The zero-order valence-corrected chi connectivity index (χ0v) is 19.6. The number of nitrogens with zero attached hydrogens (tertiary/aromatic N) is 4. The number of aromatic nitrogens is 1. The number of likely N-dealkylation sites (N-methyl/N-ethyl adjacent to an activating group) is 1. The molecule has 2 aromatic rings. The largest absolute Gasteiger partial charge is 0.356 e. The highest BCUT2D eigenvalue weighted by Gasteiger charge is 2.28. The summed E-state index contributed by atoms with van der Waals surface area (Å²) in [4.78, 5) is 13.9. The van der Waals surface area contributed by atoms with Crippen LogP contribution in [0.2, 0.25) is 0 Å². The number of rotatable bonds is 8. The van der Waals surface area contributed by atoms with E-state index in [1.54, 1.807) is 0 Å². The molecule has 0 radical (unpaired) electrons. The summed E-state index contributed by atoms with van der Waals surface area (Å²) in [6, 6.07) is 15.0. The molecule has 1 aliphatic heterocycles. The standard InChI is InChI=1S/C25H38N6/c1-5-25(6-2,22-12-8-7-9-13-22)20-29-24(26-3)28-19-21-11-10-14-27-23(21)31-17-15-30(4)16-18-31/h7-14H,5-6,15-20H2,1-4H3,(H2,26,28,29). The summed E-state index contributed by atoms with van der Waals surface area (Å²) in [5.41, 5.74) is 2.68. The topological polar surface area (TPSA) is 55.8 Å².